The number of carbonyl (C=O) groups excluding carboxylic acids is 2. The molecule has 0 spiro atoms. The molecule has 1 aromatic carbocycles. The zero-order valence-electron chi connectivity index (χ0n) is 10.8. The molecule has 0 aromatic heterocycles. The Labute approximate surface area is 111 Å². The molecular formula is C13H18FN3O2. The van der Waals surface area contributed by atoms with Gasteiger partial charge in [0.05, 0.1) is 0 Å². The molecule has 4 N–H and O–H groups in total. The maximum atomic E-state index is 13.6. The molecule has 0 saturated carbocycles. The number of benzene rings is 1. The summed E-state index contributed by atoms with van der Waals surface area (Å²) in [5, 5.41) is 5.63. The van der Waals surface area contributed by atoms with E-state index in [1.807, 2.05) is 6.92 Å². The Hall–Kier alpha value is -1.95. The van der Waals surface area contributed by atoms with Crippen LogP contribution in [0.15, 0.2) is 18.2 Å². The van der Waals surface area contributed by atoms with Crippen LogP contribution in [0.2, 0.25) is 0 Å². The van der Waals surface area contributed by atoms with Crippen LogP contribution in [-0.2, 0) is 11.3 Å². The molecule has 0 bridgehead atoms. The van der Waals surface area contributed by atoms with Crippen molar-refractivity contribution in [3.05, 3.63) is 35.1 Å². The Kier molecular flexibility index (Phi) is 5.95. The van der Waals surface area contributed by atoms with Gasteiger partial charge in [-0.15, -0.1) is 0 Å². The number of hydrogen-bond donors (Lipinski definition) is 3. The van der Waals surface area contributed by atoms with E-state index in [-0.39, 0.29) is 11.5 Å². The first-order valence-electron chi connectivity index (χ1n) is 6.10. The van der Waals surface area contributed by atoms with Crippen LogP contribution in [0, 0.1) is 5.82 Å². The minimum Gasteiger partial charge on any atom is -0.366 e. The standard InChI is InChI=1S/C13H18FN3O2/c1-2-17-12(18)5-6-16-8-10-4-3-9(13(15)19)7-11(10)14/h3-4,7,16H,2,5-6,8H2,1H3,(H2,15,19)(H,17,18). The van der Waals surface area contributed by atoms with Gasteiger partial charge in [0.1, 0.15) is 5.82 Å². The van der Waals surface area contributed by atoms with Crippen LogP contribution in [-0.4, -0.2) is 24.9 Å². The lowest BCUT2D eigenvalue weighted by Gasteiger charge is -2.07. The van der Waals surface area contributed by atoms with E-state index < -0.39 is 11.7 Å². The van der Waals surface area contributed by atoms with E-state index in [4.69, 9.17) is 5.73 Å². The summed E-state index contributed by atoms with van der Waals surface area (Å²) < 4.78 is 13.6. The Morgan fingerprint density at radius 1 is 1.37 bits per heavy atom. The topological polar surface area (TPSA) is 84.2 Å². The van der Waals surface area contributed by atoms with Crippen LogP contribution in [0.1, 0.15) is 29.3 Å². The van der Waals surface area contributed by atoms with E-state index in [1.54, 1.807) is 0 Å². The monoisotopic (exact) mass is 267 g/mol. The van der Waals surface area contributed by atoms with Gasteiger partial charge in [0.15, 0.2) is 0 Å². The van der Waals surface area contributed by atoms with Crippen molar-refractivity contribution in [2.75, 3.05) is 13.1 Å². The van der Waals surface area contributed by atoms with E-state index in [0.717, 1.165) is 6.07 Å². The summed E-state index contributed by atoms with van der Waals surface area (Å²) in [7, 11) is 0. The minimum atomic E-state index is -0.658. The molecule has 0 aliphatic rings. The van der Waals surface area contributed by atoms with Gasteiger partial charge in [-0.1, -0.05) is 6.07 Å². The number of nitrogens with two attached hydrogens (primary N) is 1. The molecule has 1 aromatic rings. The quantitative estimate of drug-likeness (QED) is 0.630. The van der Waals surface area contributed by atoms with E-state index in [0.29, 0.717) is 31.6 Å². The lowest BCUT2D eigenvalue weighted by atomic mass is 10.1. The van der Waals surface area contributed by atoms with Gasteiger partial charge < -0.3 is 16.4 Å². The molecule has 6 heteroatoms. The first-order valence-corrected chi connectivity index (χ1v) is 6.10. The molecule has 2 amide bonds. The fraction of sp³-hybridized carbons (Fsp3) is 0.385. The van der Waals surface area contributed by atoms with Crippen LogP contribution < -0.4 is 16.4 Å². The van der Waals surface area contributed by atoms with Gasteiger partial charge in [0.25, 0.3) is 0 Å². The Balaban J connectivity index is 2.41. The van der Waals surface area contributed by atoms with E-state index >= 15 is 0 Å². The van der Waals surface area contributed by atoms with Gasteiger partial charge in [-0.2, -0.15) is 0 Å². The summed E-state index contributed by atoms with van der Waals surface area (Å²) in [4.78, 5) is 22.0. The lowest BCUT2D eigenvalue weighted by molar-refractivity contribution is -0.120. The van der Waals surface area contributed by atoms with Gasteiger partial charge >= 0.3 is 0 Å². The third-order valence-corrected chi connectivity index (χ3v) is 2.56. The number of amides is 2. The molecule has 0 heterocycles. The molecule has 0 saturated heterocycles. The molecule has 0 radical (unpaired) electrons. The van der Waals surface area contributed by atoms with Crippen LogP contribution in [0.25, 0.3) is 0 Å². The third kappa shape index (κ3) is 5.05. The maximum absolute atomic E-state index is 13.6. The summed E-state index contributed by atoms with van der Waals surface area (Å²) in [5.41, 5.74) is 5.62. The molecule has 1 rings (SSSR count). The van der Waals surface area contributed by atoms with Crippen molar-refractivity contribution in [2.24, 2.45) is 5.73 Å². The van der Waals surface area contributed by atoms with Crippen LogP contribution in [0.4, 0.5) is 4.39 Å². The smallest absolute Gasteiger partial charge is 0.248 e. The Morgan fingerprint density at radius 3 is 2.68 bits per heavy atom. The van der Waals surface area contributed by atoms with Crippen molar-refractivity contribution >= 4 is 11.8 Å². The zero-order chi connectivity index (χ0) is 14.3. The molecule has 19 heavy (non-hydrogen) atoms. The van der Waals surface area contributed by atoms with Gasteiger partial charge in [-0.25, -0.2) is 4.39 Å². The number of hydrogen-bond acceptors (Lipinski definition) is 3. The normalized spacial score (nSPS) is 10.2. The average molecular weight is 267 g/mol. The summed E-state index contributed by atoms with van der Waals surface area (Å²) in [5.74, 6) is -1.18. The van der Waals surface area contributed by atoms with Crippen molar-refractivity contribution < 1.29 is 14.0 Å². The predicted octanol–water partition coefficient (Wildman–Crippen LogP) is 0.540. The molecule has 0 aliphatic heterocycles. The van der Waals surface area contributed by atoms with Gasteiger partial charge in [-0.05, 0) is 19.1 Å². The van der Waals surface area contributed by atoms with E-state index in [2.05, 4.69) is 10.6 Å². The molecule has 5 nitrogen and oxygen atoms in total. The molecule has 0 unspecified atom stereocenters. The van der Waals surface area contributed by atoms with Gasteiger partial charge in [0, 0.05) is 37.2 Å². The second kappa shape index (κ2) is 7.48. The highest BCUT2D eigenvalue weighted by Gasteiger charge is 2.07. The number of carbonyl (C=O) groups is 2. The SMILES string of the molecule is CCNC(=O)CCNCc1ccc(C(N)=O)cc1F. The summed E-state index contributed by atoms with van der Waals surface area (Å²) in [6.45, 7) is 3.20. The van der Waals surface area contributed by atoms with Crippen molar-refractivity contribution in [3.8, 4) is 0 Å². The first-order chi connectivity index (χ1) is 9.04. The van der Waals surface area contributed by atoms with Crippen molar-refractivity contribution in [1.82, 2.24) is 10.6 Å². The Morgan fingerprint density at radius 2 is 2.11 bits per heavy atom. The largest absolute Gasteiger partial charge is 0.366 e. The first kappa shape index (κ1) is 15.1. The average Bonchev–Trinajstić information content (AvgIpc) is 2.36. The van der Waals surface area contributed by atoms with Crippen LogP contribution >= 0.6 is 0 Å². The van der Waals surface area contributed by atoms with Crippen molar-refractivity contribution in [1.29, 1.82) is 0 Å². The zero-order valence-corrected chi connectivity index (χ0v) is 10.8. The lowest BCUT2D eigenvalue weighted by Crippen LogP contribution is -2.27. The molecular weight excluding hydrogens is 249 g/mol. The van der Waals surface area contributed by atoms with Crippen LogP contribution in [0.3, 0.4) is 0 Å². The minimum absolute atomic E-state index is 0.0421. The second-order valence-corrected chi connectivity index (χ2v) is 4.05. The van der Waals surface area contributed by atoms with Gasteiger partial charge in [0.2, 0.25) is 11.8 Å². The summed E-state index contributed by atoms with van der Waals surface area (Å²) >= 11 is 0. The fourth-order valence-electron chi connectivity index (χ4n) is 1.55. The predicted molar refractivity (Wildman–Crippen MR) is 69.9 cm³/mol. The molecule has 104 valence electrons. The summed E-state index contributed by atoms with van der Waals surface area (Å²) in [6.07, 6.45) is 0.342. The third-order valence-electron chi connectivity index (χ3n) is 2.56. The number of rotatable bonds is 7. The van der Waals surface area contributed by atoms with E-state index in [1.165, 1.54) is 12.1 Å². The maximum Gasteiger partial charge on any atom is 0.248 e. The van der Waals surface area contributed by atoms with Crippen molar-refractivity contribution in [2.45, 2.75) is 19.9 Å². The molecule has 0 fully saturated rings. The van der Waals surface area contributed by atoms with Gasteiger partial charge in [-0.3, -0.25) is 9.59 Å². The highest BCUT2D eigenvalue weighted by molar-refractivity contribution is 5.92. The highest BCUT2D eigenvalue weighted by atomic mass is 19.1. The Bertz CT molecular complexity index is 463. The molecule has 0 aliphatic carbocycles. The molecule has 0 atom stereocenters. The number of primary amides is 1. The van der Waals surface area contributed by atoms with Crippen molar-refractivity contribution in [3.63, 3.8) is 0 Å². The summed E-state index contributed by atoms with van der Waals surface area (Å²) in [6, 6.07) is 4.10. The highest BCUT2D eigenvalue weighted by Crippen LogP contribution is 2.09. The van der Waals surface area contributed by atoms with Crippen LogP contribution in [0.5, 0.6) is 0 Å². The number of halogens is 1. The second-order valence-electron chi connectivity index (χ2n) is 4.05. The number of nitrogens with one attached hydrogen (secondary N) is 2. The fourth-order valence-corrected chi connectivity index (χ4v) is 1.55. The van der Waals surface area contributed by atoms with E-state index in [9.17, 15) is 14.0 Å².